The third-order valence-electron chi connectivity index (χ3n) is 6.11. The van der Waals surface area contributed by atoms with Crippen LogP contribution in [0.25, 0.3) is 0 Å². The zero-order valence-electron chi connectivity index (χ0n) is 18.3. The van der Waals surface area contributed by atoms with Crippen LogP contribution in [0.2, 0.25) is 0 Å². The van der Waals surface area contributed by atoms with E-state index in [-0.39, 0.29) is 41.8 Å². The number of alkyl halides is 1. The second-order valence-corrected chi connectivity index (χ2v) is 10.6. The Morgan fingerprint density at radius 3 is 2.79 bits per heavy atom. The van der Waals surface area contributed by atoms with Gasteiger partial charge in [0, 0.05) is 26.3 Å². The van der Waals surface area contributed by atoms with Gasteiger partial charge in [-0.15, -0.1) is 0 Å². The molecular formula is C20H26FN7O4S. The quantitative estimate of drug-likeness (QED) is 0.619. The van der Waals surface area contributed by atoms with Gasteiger partial charge in [0.05, 0.1) is 24.0 Å². The van der Waals surface area contributed by atoms with Crippen LogP contribution in [0.3, 0.4) is 0 Å². The van der Waals surface area contributed by atoms with Gasteiger partial charge in [-0.3, -0.25) is 4.68 Å². The fourth-order valence-corrected chi connectivity index (χ4v) is 5.59. The number of halogens is 1. The summed E-state index contributed by atoms with van der Waals surface area (Å²) in [6.45, 7) is 1.47. The predicted molar refractivity (Wildman–Crippen MR) is 115 cm³/mol. The van der Waals surface area contributed by atoms with Crippen molar-refractivity contribution in [2.24, 2.45) is 7.05 Å². The molecular weight excluding hydrogens is 453 g/mol. The van der Waals surface area contributed by atoms with E-state index >= 15 is 0 Å². The Labute approximate surface area is 191 Å². The van der Waals surface area contributed by atoms with E-state index in [9.17, 15) is 23.2 Å². The van der Waals surface area contributed by atoms with Crippen molar-refractivity contribution in [1.29, 1.82) is 5.26 Å². The number of anilines is 1. The minimum atomic E-state index is -3.84. The number of piperidine rings is 1. The maximum absolute atomic E-state index is 14.9. The van der Waals surface area contributed by atoms with Gasteiger partial charge in [-0.05, 0) is 32.6 Å². The Morgan fingerprint density at radius 2 is 2.18 bits per heavy atom. The summed E-state index contributed by atoms with van der Waals surface area (Å²) in [5.74, 6) is 0.0898. The third kappa shape index (κ3) is 4.78. The Balaban J connectivity index is 1.45. The SMILES string of the molecule is Cn1cc(S(=O)(=O)N2CCC(Nc3ncc(C#N)c(OC4CCCC4(C)O)n3)C(F)C2)cn1. The van der Waals surface area contributed by atoms with Crippen molar-refractivity contribution < 1.29 is 22.7 Å². The van der Waals surface area contributed by atoms with Gasteiger partial charge < -0.3 is 15.2 Å². The van der Waals surface area contributed by atoms with Gasteiger partial charge in [-0.25, -0.2) is 17.8 Å². The summed E-state index contributed by atoms with van der Waals surface area (Å²) < 4.78 is 48.7. The molecule has 0 amide bonds. The summed E-state index contributed by atoms with van der Waals surface area (Å²) in [6, 6.07) is 1.24. The van der Waals surface area contributed by atoms with Crippen molar-refractivity contribution in [2.45, 2.75) is 61.4 Å². The highest BCUT2D eigenvalue weighted by Gasteiger charge is 2.40. The smallest absolute Gasteiger partial charge is 0.246 e. The van der Waals surface area contributed by atoms with Crippen LogP contribution in [-0.2, 0) is 17.1 Å². The number of ether oxygens (including phenoxy) is 1. The molecule has 11 nitrogen and oxygen atoms in total. The fraction of sp³-hybridized carbons (Fsp3) is 0.600. The molecule has 1 saturated heterocycles. The number of aliphatic hydroxyl groups is 1. The summed E-state index contributed by atoms with van der Waals surface area (Å²) in [4.78, 5) is 8.32. The summed E-state index contributed by atoms with van der Waals surface area (Å²) >= 11 is 0. The highest BCUT2D eigenvalue weighted by molar-refractivity contribution is 7.89. The Kier molecular flexibility index (Phi) is 6.26. The highest BCUT2D eigenvalue weighted by atomic mass is 32.2. The second kappa shape index (κ2) is 8.85. The number of hydrogen-bond acceptors (Lipinski definition) is 9. The molecule has 1 aliphatic carbocycles. The van der Waals surface area contributed by atoms with Gasteiger partial charge in [0.2, 0.25) is 21.9 Å². The molecule has 1 aliphatic heterocycles. The molecule has 2 aromatic heterocycles. The molecule has 2 aliphatic rings. The summed E-state index contributed by atoms with van der Waals surface area (Å²) in [5, 5.41) is 26.6. The van der Waals surface area contributed by atoms with E-state index in [0.717, 1.165) is 10.7 Å². The van der Waals surface area contributed by atoms with Crippen LogP contribution in [0.15, 0.2) is 23.5 Å². The average molecular weight is 480 g/mol. The van der Waals surface area contributed by atoms with Crippen molar-refractivity contribution in [2.75, 3.05) is 18.4 Å². The number of sulfonamides is 1. The molecule has 2 N–H and O–H groups in total. The maximum atomic E-state index is 14.9. The lowest BCUT2D eigenvalue weighted by Gasteiger charge is -2.34. The van der Waals surface area contributed by atoms with Gasteiger partial charge in [-0.2, -0.15) is 19.6 Å². The van der Waals surface area contributed by atoms with Crippen molar-refractivity contribution in [3.8, 4) is 11.9 Å². The summed E-state index contributed by atoms with van der Waals surface area (Å²) in [7, 11) is -2.23. The van der Waals surface area contributed by atoms with E-state index in [1.165, 1.54) is 23.3 Å². The Bertz CT molecular complexity index is 1160. The standard InChI is InChI=1S/C20H26FN7O4S/c1-20(29)6-3-4-17(20)32-18-13(8-22)9-23-19(26-18)25-16-5-7-28(12-15(16)21)33(30,31)14-10-24-27(2)11-14/h9-11,15-17,29H,3-7,12H2,1-2H3,(H,23,25,26). The van der Waals surface area contributed by atoms with Crippen LogP contribution in [-0.4, -0.2) is 74.6 Å². The molecule has 0 radical (unpaired) electrons. The number of nitrogens with one attached hydrogen (secondary N) is 1. The number of rotatable bonds is 6. The van der Waals surface area contributed by atoms with Gasteiger partial charge in [-0.1, -0.05) is 0 Å². The normalized spacial score (nSPS) is 28.4. The monoisotopic (exact) mass is 479 g/mol. The number of nitriles is 1. The zero-order valence-corrected chi connectivity index (χ0v) is 19.2. The van der Waals surface area contributed by atoms with Gasteiger partial charge in [0.25, 0.3) is 0 Å². The molecule has 0 spiro atoms. The first-order valence-electron chi connectivity index (χ1n) is 10.7. The molecule has 4 unspecified atom stereocenters. The summed E-state index contributed by atoms with van der Waals surface area (Å²) in [5.41, 5.74) is -0.917. The molecule has 33 heavy (non-hydrogen) atoms. The molecule has 4 rings (SSSR count). The van der Waals surface area contributed by atoms with Gasteiger partial charge in [0.1, 0.15) is 28.8 Å². The zero-order chi connectivity index (χ0) is 23.8. The van der Waals surface area contributed by atoms with Crippen molar-refractivity contribution in [3.63, 3.8) is 0 Å². The summed E-state index contributed by atoms with van der Waals surface area (Å²) in [6.07, 6.45) is 4.06. The molecule has 4 atom stereocenters. The predicted octanol–water partition coefficient (Wildman–Crippen LogP) is 0.977. The Morgan fingerprint density at radius 1 is 1.39 bits per heavy atom. The first-order valence-corrected chi connectivity index (χ1v) is 12.1. The van der Waals surface area contributed by atoms with Crippen LogP contribution >= 0.6 is 0 Å². The van der Waals surface area contributed by atoms with Crippen molar-refractivity contribution in [1.82, 2.24) is 24.1 Å². The van der Waals surface area contributed by atoms with E-state index in [0.29, 0.717) is 12.8 Å². The van der Waals surface area contributed by atoms with Crippen LogP contribution in [0.1, 0.15) is 38.2 Å². The van der Waals surface area contributed by atoms with Crippen molar-refractivity contribution in [3.05, 3.63) is 24.2 Å². The molecule has 2 aromatic rings. The van der Waals surface area contributed by atoms with E-state index < -0.39 is 33.9 Å². The van der Waals surface area contributed by atoms with Crippen LogP contribution in [0.4, 0.5) is 10.3 Å². The first kappa shape index (κ1) is 23.3. The molecule has 3 heterocycles. The lowest BCUT2D eigenvalue weighted by Crippen LogP contribution is -2.50. The third-order valence-corrected chi connectivity index (χ3v) is 7.93. The number of nitrogens with zero attached hydrogens (tertiary/aromatic N) is 6. The second-order valence-electron chi connectivity index (χ2n) is 8.65. The van der Waals surface area contributed by atoms with Crippen LogP contribution in [0.5, 0.6) is 5.88 Å². The van der Waals surface area contributed by atoms with Gasteiger partial charge in [0.15, 0.2) is 0 Å². The lowest BCUT2D eigenvalue weighted by atomic mass is 10.0. The molecule has 178 valence electrons. The first-order chi connectivity index (χ1) is 15.6. The van der Waals surface area contributed by atoms with E-state index in [1.807, 2.05) is 6.07 Å². The van der Waals surface area contributed by atoms with Crippen molar-refractivity contribution >= 4 is 16.0 Å². The molecule has 2 fully saturated rings. The molecule has 0 bridgehead atoms. The van der Waals surface area contributed by atoms with Crippen LogP contribution < -0.4 is 10.1 Å². The lowest BCUT2D eigenvalue weighted by molar-refractivity contribution is -0.0271. The minimum absolute atomic E-state index is 0.0172. The van der Waals surface area contributed by atoms with E-state index in [4.69, 9.17) is 4.74 Å². The number of aromatic nitrogens is 4. The molecule has 1 saturated carbocycles. The number of aryl methyl sites for hydroxylation is 1. The molecule has 0 aromatic carbocycles. The minimum Gasteiger partial charge on any atom is -0.470 e. The van der Waals surface area contributed by atoms with Crippen LogP contribution in [0, 0.1) is 11.3 Å². The molecule has 13 heteroatoms. The fourth-order valence-electron chi connectivity index (χ4n) is 4.14. The topological polar surface area (TPSA) is 146 Å². The number of hydrogen-bond donors (Lipinski definition) is 2. The van der Waals surface area contributed by atoms with Gasteiger partial charge >= 0.3 is 0 Å². The largest absolute Gasteiger partial charge is 0.470 e. The maximum Gasteiger partial charge on any atom is 0.246 e. The van der Waals surface area contributed by atoms with E-state index in [1.54, 1.807) is 14.0 Å². The Hall–Kier alpha value is -2.82. The highest BCUT2D eigenvalue weighted by Crippen LogP contribution is 2.33. The van der Waals surface area contributed by atoms with E-state index in [2.05, 4.69) is 20.4 Å². The average Bonchev–Trinajstić information content (AvgIpc) is 3.35.